The number of hydrogen-bond donors (Lipinski definition) is 2. The number of para-hydroxylation sites is 2. The van der Waals surface area contributed by atoms with Crippen LogP contribution < -0.4 is 10.9 Å². The monoisotopic (exact) mass is 397 g/mol. The second kappa shape index (κ2) is 7.75. The molecule has 0 atom stereocenters. The van der Waals surface area contributed by atoms with Crippen LogP contribution in [0.2, 0.25) is 0 Å². The van der Waals surface area contributed by atoms with E-state index in [2.05, 4.69) is 25.3 Å². The smallest absolute Gasteiger partial charge is 0.265 e. The lowest BCUT2D eigenvalue weighted by Crippen LogP contribution is -2.24. The van der Waals surface area contributed by atoms with Crippen LogP contribution in [-0.2, 0) is 6.42 Å². The Hall–Kier alpha value is -4.07. The van der Waals surface area contributed by atoms with Crippen LogP contribution in [0.25, 0.3) is 27.8 Å². The maximum absolute atomic E-state index is 13.2. The second-order valence-electron chi connectivity index (χ2n) is 6.87. The Bertz CT molecular complexity index is 1370. The quantitative estimate of drug-likeness (QED) is 0.427. The third-order valence-corrected chi connectivity index (χ3v) is 4.95. The van der Waals surface area contributed by atoms with Crippen molar-refractivity contribution in [3.8, 4) is 5.69 Å². The first-order chi connectivity index (χ1) is 14.8. The highest BCUT2D eigenvalue weighted by molar-refractivity contribution is 5.81. The fourth-order valence-corrected chi connectivity index (χ4v) is 3.54. The van der Waals surface area contributed by atoms with E-state index in [-0.39, 0.29) is 5.56 Å². The van der Waals surface area contributed by atoms with E-state index in [9.17, 15) is 4.79 Å². The molecule has 0 radical (unpaired) electrons. The molecule has 3 aromatic heterocycles. The van der Waals surface area contributed by atoms with Crippen LogP contribution in [0.1, 0.15) is 12.2 Å². The maximum Gasteiger partial charge on any atom is 0.265 e. The number of aromatic nitrogens is 6. The number of nitrogens with one attached hydrogen (secondary N) is 2. The average molecular weight is 397 g/mol. The first-order valence-electron chi connectivity index (χ1n) is 9.75. The summed E-state index contributed by atoms with van der Waals surface area (Å²) >= 11 is 0. The van der Waals surface area contributed by atoms with Gasteiger partial charge in [-0.1, -0.05) is 30.3 Å². The Labute approximate surface area is 171 Å². The maximum atomic E-state index is 13.2. The van der Waals surface area contributed by atoms with Gasteiger partial charge in [0, 0.05) is 13.0 Å². The topological polar surface area (TPSA) is 101 Å². The van der Waals surface area contributed by atoms with Crippen LogP contribution in [0.4, 0.5) is 5.82 Å². The van der Waals surface area contributed by atoms with Crippen molar-refractivity contribution in [2.45, 2.75) is 12.8 Å². The van der Waals surface area contributed by atoms with E-state index < -0.39 is 0 Å². The summed E-state index contributed by atoms with van der Waals surface area (Å²) in [5, 5.41) is 3.92. The molecule has 0 aliphatic rings. The van der Waals surface area contributed by atoms with Crippen molar-refractivity contribution >= 4 is 27.9 Å². The zero-order chi connectivity index (χ0) is 20.3. The summed E-state index contributed by atoms with van der Waals surface area (Å²) in [4.78, 5) is 33.6. The van der Waals surface area contributed by atoms with Gasteiger partial charge in [-0.15, -0.1) is 0 Å². The van der Waals surface area contributed by atoms with Crippen molar-refractivity contribution in [1.29, 1.82) is 0 Å². The van der Waals surface area contributed by atoms with Crippen LogP contribution in [0.15, 0.2) is 72.0 Å². The van der Waals surface area contributed by atoms with Crippen molar-refractivity contribution in [1.82, 2.24) is 29.5 Å². The van der Waals surface area contributed by atoms with Gasteiger partial charge in [-0.25, -0.2) is 19.9 Å². The molecule has 0 spiro atoms. The highest BCUT2D eigenvalue weighted by Gasteiger charge is 2.12. The molecule has 0 fully saturated rings. The molecule has 0 aliphatic carbocycles. The number of benzene rings is 2. The van der Waals surface area contributed by atoms with Gasteiger partial charge in [0.05, 0.1) is 22.9 Å². The summed E-state index contributed by atoms with van der Waals surface area (Å²) in [5.74, 6) is 1.42. The minimum absolute atomic E-state index is 0.0520. The molecule has 0 unspecified atom stereocenters. The number of imidazole rings is 1. The number of hydrogen-bond acceptors (Lipinski definition) is 6. The van der Waals surface area contributed by atoms with Gasteiger partial charge in [0.2, 0.25) is 0 Å². The van der Waals surface area contributed by atoms with Crippen LogP contribution in [-0.4, -0.2) is 36.0 Å². The molecule has 0 aliphatic heterocycles. The lowest BCUT2D eigenvalue weighted by molar-refractivity contribution is 0.753. The molecular weight excluding hydrogens is 378 g/mol. The van der Waals surface area contributed by atoms with Crippen molar-refractivity contribution in [2.24, 2.45) is 0 Å². The molecule has 0 saturated heterocycles. The predicted octanol–water partition coefficient (Wildman–Crippen LogP) is 3.10. The van der Waals surface area contributed by atoms with Crippen LogP contribution in [0.5, 0.6) is 0 Å². The zero-order valence-electron chi connectivity index (χ0n) is 16.1. The number of fused-ring (bicyclic) bond motifs is 2. The van der Waals surface area contributed by atoms with Gasteiger partial charge in [-0.05, 0) is 30.7 Å². The summed E-state index contributed by atoms with van der Waals surface area (Å²) < 4.78 is 1.71. The van der Waals surface area contributed by atoms with Gasteiger partial charge in [-0.2, -0.15) is 0 Å². The average Bonchev–Trinajstić information content (AvgIpc) is 3.27. The van der Waals surface area contributed by atoms with Crippen LogP contribution >= 0.6 is 0 Å². The molecule has 2 aromatic carbocycles. The summed E-state index contributed by atoms with van der Waals surface area (Å²) in [6.45, 7) is 0.663. The molecule has 8 heteroatoms. The third kappa shape index (κ3) is 3.28. The first-order valence-corrected chi connectivity index (χ1v) is 9.75. The Morgan fingerprint density at radius 2 is 1.80 bits per heavy atom. The lowest BCUT2D eigenvalue weighted by atomic mass is 10.2. The fourth-order valence-electron chi connectivity index (χ4n) is 3.54. The van der Waals surface area contributed by atoms with Crippen molar-refractivity contribution in [2.75, 3.05) is 11.9 Å². The van der Waals surface area contributed by atoms with Gasteiger partial charge in [0.15, 0.2) is 11.5 Å². The highest BCUT2D eigenvalue weighted by atomic mass is 16.1. The number of rotatable bonds is 6. The van der Waals surface area contributed by atoms with Gasteiger partial charge in [-0.3, -0.25) is 9.36 Å². The Kier molecular flexibility index (Phi) is 4.65. The second-order valence-corrected chi connectivity index (χ2v) is 6.87. The fraction of sp³-hybridized carbons (Fsp3) is 0.136. The van der Waals surface area contributed by atoms with E-state index in [0.717, 1.165) is 17.9 Å². The predicted molar refractivity (Wildman–Crippen MR) is 116 cm³/mol. The zero-order valence-corrected chi connectivity index (χ0v) is 16.1. The normalized spacial score (nSPS) is 11.2. The molecule has 5 aromatic rings. The minimum Gasteiger partial charge on any atom is -0.368 e. The first kappa shape index (κ1) is 18.0. The SMILES string of the molecule is O=c1c2ccccc2nc(CCCNc2ncnc3[nH]cnc23)n1-c1ccccc1. The van der Waals surface area contributed by atoms with Crippen molar-refractivity contribution < 1.29 is 0 Å². The standard InChI is InChI=1S/C22H19N7O/c30-22-16-9-4-5-10-17(16)28-18(29(22)15-7-2-1-3-8-15)11-6-12-23-20-19-21(25-13-24-19)27-14-26-20/h1-5,7-10,13-14H,6,11-12H2,(H2,23,24,25,26,27). The molecule has 8 nitrogen and oxygen atoms in total. The largest absolute Gasteiger partial charge is 0.368 e. The molecule has 5 rings (SSSR count). The highest BCUT2D eigenvalue weighted by Crippen LogP contribution is 2.16. The molecule has 0 amide bonds. The summed E-state index contributed by atoms with van der Waals surface area (Å²) in [6.07, 6.45) is 4.51. The lowest BCUT2D eigenvalue weighted by Gasteiger charge is -2.14. The van der Waals surface area contributed by atoms with E-state index in [4.69, 9.17) is 4.98 Å². The number of anilines is 1. The van der Waals surface area contributed by atoms with E-state index in [1.165, 1.54) is 6.33 Å². The van der Waals surface area contributed by atoms with E-state index >= 15 is 0 Å². The molecule has 148 valence electrons. The van der Waals surface area contributed by atoms with Gasteiger partial charge in [0.25, 0.3) is 5.56 Å². The third-order valence-electron chi connectivity index (χ3n) is 4.95. The summed E-state index contributed by atoms with van der Waals surface area (Å²) in [6, 6.07) is 17.1. The number of aromatic amines is 1. The number of aryl methyl sites for hydroxylation is 1. The van der Waals surface area contributed by atoms with E-state index in [0.29, 0.717) is 40.9 Å². The summed E-state index contributed by atoms with van der Waals surface area (Å²) in [5.41, 5.74) is 2.89. The number of nitrogens with zero attached hydrogens (tertiary/aromatic N) is 5. The van der Waals surface area contributed by atoms with Crippen LogP contribution in [0.3, 0.4) is 0 Å². The minimum atomic E-state index is -0.0520. The number of H-pyrrole nitrogens is 1. The molecule has 30 heavy (non-hydrogen) atoms. The van der Waals surface area contributed by atoms with Crippen molar-refractivity contribution in [3.63, 3.8) is 0 Å². The summed E-state index contributed by atoms with van der Waals surface area (Å²) in [7, 11) is 0. The van der Waals surface area contributed by atoms with Gasteiger partial charge < -0.3 is 10.3 Å². The molecule has 0 saturated carbocycles. The molecular formula is C22H19N7O. The molecule has 0 bridgehead atoms. The molecule has 3 heterocycles. The van der Waals surface area contributed by atoms with E-state index in [1.807, 2.05) is 54.6 Å². The van der Waals surface area contributed by atoms with Crippen molar-refractivity contribution in [3.05, 3.63) is 83.4 Å². The Morgan fingerprint density at radius 1 is 0.967 bits per heavy atom. The van der Waals surface area contributed by atoms with Gasteiger partial charge in [0.1, 0.15) is 17.7 Å². The Balaban J connectivity index is 1.42. The Morgan fingerprint density at radius 3 is 2.70 bits per heavy atom. The molecule has 2 N–H and O–H groups in total. The van der Waals surface area contributed by atoms with Gasteiger partial charge >= 0.3 is 0 Å². The van der Waals surface area contributed by atoms with Crippen LogP contribution in [0, 0.1) is 0 Å². The van der Waals surface area contributed by atoms with E-state index in [1.54, 1.807) is 10.9 Å².